The maximum absolute atomic E-state index is 12.2. The number of nitrogens with two attached hydrogens (primary N) is 1. The molecule has 0 saturated heterocycles. The highest BCUT2D eigenvalue weighted by Crippen LogP contribution is 2.37. The van der Waals surface area contributed by atoms with Crippen LogP contribution in [0.15, 0.2) is 28.7 Å². The van der Waals surface area contributed by atoms with E-state index in [4.69, 9.17) is 10.5 Å². The number of fused-ring (bicyclic) bond motifs is 1. The van der Waals surface area contributed by atoms with E-state index in [1.165, 1.54) is 11.3 Å². The number of amides is 2. The molecule has 1 heterocycles. The number of rotatable bonds is 5. The number of esters is 1. The van der Waals surface area contributed by atoms with E-state index in [1.807, 2.05) is 0 Å². The van der Waals surface area contributed by atoms with Gasteiger partial charge in [0.1, 0.15) is 5.00 Å². The molecule has 26 heavy (non-hydrogen) atoms. The first-order chi connectivity index (χ1) is 12.5. The van der Waals surface area contributed by atoms with E-state index in [0.717, 1.165) is 36.1 Å². The van der Waals surface area contributed by atoms with Crippen molar-refractivity contribution in [2.24, 2.45) is 5.73 Å². The van der Waals surface area contributed by atoms with Gasteiger partial charge in [-0.1, -0.05) is 12.1 Å². The number of primary amides is 1. The van der Waals surface area contributed by atoms with Gasteiger partial charge in [0, 0.05) is 9.35 Å². The Balaban J connectivity index is 1.67. The minimum Gasteiger partial charge on any atom is -0.452 e. The van der Waals surface area contributed by atoms with Gasteiger partial charge in [-0.3, -0.25) is 9.59 Å². The van der Waals surface area contributed by atoms with Gasteiger partial charge in [-0.15, -0.1) is 11.3 Å². The lowest BCUT2D eigenvalue weighted by molar-refractivity contribution is -0.119. The molecule has 1 aliphatic rings. The Morgan fingerprint density at radius 3 is 2.65 bits per heavy atom. The van der Waals surface area contributed by atoms with Crippen LogP contribution in [0.3, 0.4) is 0 Å². The van der Waals surface area contributed by atoms with Crippen LogP contribution >= 0.6 is 27.3 Å². The van der Waals surface area contributed by atoms with Gasteiger partial charge in [0.2, 0.25) is 0 Å². The van der Waals surface area contributed by atoms with Crippen LogP contribution in [-0.4, -0.2) is 24.4 Å². The Morgan fingerprint density at radius 2 is 1.92 bits per heavy atom. The van der Waals surface area contributed by atoms with Crippen molar-refractivity contribution >= 4 is 50.1 Å². The van der Waals surface area contributed by atoms with E-state index in [-0.39, 0.29) is 0 Å². The number of benzene rings is 1. The minimum absolute atomic E-state index is 0.338. The van der Waals surface area contributed by atoms with Crippen LogP contribution in [0.4, 0.5) is 5.00 Å². The van der Waals surface area contributed by atoms with Crippen LogP contribution in [0.1, 0.15) is 44.0 Å². The van der Waals surface area contributed by atoms with E-state index in [2.05, 4.69) is 21.2 Å². The number of carbonyl (C=O) groups excluding carboxylic acids is 3. The Kier molecular flexibility index (Phi) is 5.73. The highest BCUT2D eigenvalue weighted by molar-refractivity contribution is 9.10. The molecule has 0 aliphatic heterocycles. The van der Waals surface area contributed by atoms with E-state index in [1.54, 1.807) is 24.3 Å². The normalized spacial score (nSPS) is 13.0. The number of hydrogen-bond acceptors (Lipinski definition) is 5. The summed E-state index contributed by atoms with van der Waals surface area (Å²) < 4.78 is 5.64. The van der Waals surface area contributed by atoms with Crippen LogP contribution in [0.2, 0.25) is 0 Å². The average Bonchev–Trinajstić information content (AvgIpc) is 2.98. The van der Waals surface area contributed by atoms with Crippen LogP contribution in [0.5, 0.6) is 0 Å². The van der Waals surface area contributed by atoms with Gasteiger partial charge >= 0.3 is 5.97 Å². The summed E-state index contributed by atoms with van der Waals surface area (Å²) in [7, 11) is 0. The topological polar surface area (TPSA) is 98.5 Å². The summed E-state index contributed by atoms with van der Waals surface area (Å²) in [5.41, 5.74) is 7.16. The Hall–Kier alpha value is -2.19. The van der Waals surface area contributed by atoms with Crippen LogP contribution in [0, 0.1) is 0 Å². The van der Waals surface area contributed by atoms with Gasteiger partial charge in [-0.2, -0.15) is 0 Å². The number of anilines is 1. The lowest BCUT2D eigenvalue weighted by Gasteiger charge is -2.11. The average molecular weight is 437 g/mol. The third-order valence-electron chi connectivity index (χ3n) is 4.10. The van der Waals surface area contributed by atoms with Crippen LogP contribution in [0.25, 0.3) is 0 Å². The third kappa shape index (κ3) is 3.96. The van der Waals surface area contributed by atoms with Crippen molar-refractivity contribution in [3.8, 4) is 0 Å². The molecule has 0 spiro atoms. The maximum atomic E-state index is 12.2. The molecule has 1 aliphatic carbocycles. The molecule has 0 radical (unpaired) electrons. The summed E-state index contributed by atoms with van der Waals surface area (Å²) in [6, 6.07) is 6.79. The summed E-state index contributed by atoms with van der Waals surface area (Å²) in [6.45, 7) is -0.444. The maximum Gasteiger partial charge on any atom is 0.339 e. The lowest BCUT2D eigenvalue weighted by atomic mass is 9.95. The van der Waals surface area contributed by atoms with Gasteiger partial charge < -0.3 is 15.8 Å². The number of thiophene rings is 1. The fourth-order valence-electron chi connectivity index (χ4n) is 2.91. The SMILES string of the molecule is NC(=O)c1c(NC(=O)COC(=O)c2ccccc2Br)sc2c1CCCC2. The van der Waals surface area contributed by atoms with Gasteiger partial charge in [0.05, 0.1) is 11.1 Å². The molecule has 136 valence electrons. The number of aryl methyl sites for hydroxylation is 1. The smallest absolute Gasteiger partial charge is 0.339 e. The largest absolute Gasteiger partial charge is 0.452 e. The van der Waals surface area contributed by atoms with E-state index in [0.29, 0.717) is 20.6 Å². The van der Waals surface area contributed by atoms with Crippen molar-refractivity contribution in [1.82, 2.24) is 0 Å². The molecule has 3 rings (SSSR count). The quantitative estimate of drug-likeness (QED) is 0.702. The third-order valence-corrected chi connectivity index (χ3v) is 6.00. The molecule has 3 N–H and O–H groups in total. The van der Waals surface area contributed by atoms with Crippen molar-refractivity contribution < 1.29 is 19.1 Å². The zero-order valence-corrected chi connectivity index (χ0v) is 16.2. The highest BCUT2D eigenvalue weighted by atomic mass is 79.9. The molecular formula is C18H17BrN2O4S. The predicted molar refractivity (Wildman–Crippen MR) is 103 cm³/mol. The monoisotopic (exact) mass is 436 g/mol. The summed E-state index contributed by atoms with van der Waals surface area (Å²) in [6.07, 6.45) is 3.73. The van der Waals surface area contributed by atoms with Gasteiger partial charge in [0.25, 0.3) is 11.8 Å². The van der Waals surface area contributed by atoms with Crippen molar-refractivity contribution in [1.29, 1.82) is 0 Å². The Labute approximate surface area is 162 Å². The van der Waals surface area contributed by atoms with Crippen LogP contribution < -0.4 is 11.1 Å². The number of nitrogens with one attached hydrogen (secondary N) is 1. The van der Waals surface area contributed by atoms with Crippen LogP contribution in [-0.2, 0) is 22.4 Å². The Morgan fingerprint density at radius 1 is 1.19 bits per heavy atom. The molecule has 0 unspecified atom stereocenters. The second-order valence-corrected chi connectivity index (χ2v) is 7.84. The van der Waals surface area contributed by atoms with Crippen molar-refractivity contribution in [3.63, 3.8) is 0 Å². The number of halogens is 1. The molecule has 0 fully saturated rings. The number of carbonyl (C=O) groups is 3. The standard InChI is InChI=1S/C18H17BrN2O4S/c19-12-7-3-1-5-10(12)18(24)25-9-14(22)21-17-15(16(20)23)11-6-2-4-8-13(11)26-17/h1,3,5,7H,2,4,6,8-9H2,(H2,20,23)(H,21,22). The molecule has 8 heteroatoms. The molecule has 0 atom stereocenters. The van der Waals surface area contributed by atoms with Gasteiger partial charge in [-0.25, -0.2) is 4.79 Å². The first kappa shape index (κ1) is 18.6. The second kappa shape index (κ2) is 8.01. The molecule has 6 nitrogen and oxygen atoms in total. The van der Waals surface area contributed by atoms with E-state index in [9.17, 15) is 14.4 Å². The molecule has 2 amide bonds. The fraction of sp³-hybridized carbons (Fsp3) is 0.278. The minimum atomic E-state index is -0.603. The highest BCUT2D eigenvalue weighted by Gasteiger charge is 2.25. The van der Waals surface area contributed by atoms with E-state index < -0.39 is 24.4 Å². The molecule has 1 aromatic heterocycles. The zero-order chi connectivity index (χ0) is 18.7. The number of ether oxygens (including phenoxy) is 1. The zero-order valence-electron chi connectivity index (χ0n) is 13.8. The molecule has 2 aromatic rings. The van der Waals surface area contributed by atoms with E-state index >= 15 is 0 Å². The predicted octanol–water partition coefficient (Wildman–Crippen LogP) is 3.28. The molecule has 0 bridgehead atoms. The second-order valence-electron chi connectivity index (χ2n) is 5.88. The van der Waals surface area contributed by atoms with Crippen molar-refractivity contribution in [2.45, 2.75) is 25.7 Å². The molecular weight excluding hydrogens is 420 g/mol. The summed E-state index contributed by atoms with van der Waals surface area (Å²) in [4.78, 5) is 37.1. The van der Waals surface area contributed by atoms with Gasteiger partial charge in [0.15, 0.2) is 6.61 Å². The Bertz CT molecular complexity index is 878. The summed E-state index contributed by atoms with van der Waals surface area (Å²) in [5.74, 6) is -1.66. The van der Waals surface area contributed by atoms with Crippen molar-refractivity contribution in [3.05, 3.63) is 50.3 Å². The first-order valence-electron chi connectivity index (χ1n) is 8.13. The first-order valence-corrected chi connectivity index (χ1v) is 9.74. The van der Waals surface area contributed by atoms with Crippen molar-refractivity contribution in [2.75, 3.05) is 11.9 Å². The fourth-order valence-corrected chi connectivity index (χ4v) is 4.67. The number of hydrogen-bond donors (Lipinski definition) is 2. The molecule has 0 saturated carbocycles. The van der Waals surface area contributed by atoms with Gasteiger partial charge in [-0.05, 0) is 59.3 Å². The summed E-state index contributed by atoms with van der Waals surface area (Å²) >= 11 is 4.64. The molecule has 1 aromatic carbocycles. The summed E-state index contributed by atoms with van der Waals surface area (Å²) in [5, 5.41) is 3.10. The lowest BCUT2D eigenvalue weighted by Crippen LogP contribution is -2.23.